The quantitative estimate of drug-likeness (QED) is 0.423. The zero-order valence-corrected chi connectivity index (χ0v) is 22.1. The summed E-state index contributed by atoms with van der Waals surface area (Å²) in [6, 6.07) is 23.4. The molecule has 0 saturated carbocycles. The van der Waals surface area contributed by atoms with Crippen LogP contribution in [0.5, 0.6) is 5.75 Å². The Hall–Kier alpha value is -4.44. The van der Waals surface area contributed by atoms with Crippen molar-refractivity contribution in [2.75, 3.05) is 18.2 Å². The second kappa shape index (κ2) is 12.0. The number of amidine groups is 2. The molecule has 3 aromatic carbocycles. The van der Waals surface area contributed by atoms with Crippen LogP contribution in [0.3, 0.4) is 0 Å². The molecule has 0 radical (unpaired) electrons. The summed E-state index contributed by atoms with van der Waals surface area (Å²) >= 11 is 1.17. The van der Waals surface area contributed by atoms with E-state index in [1.54, 1.807) is 31.4 Å². The molecule has 2 heterocycles. The highest BCUT2D eigenvalue weighted by molar-refractivity contribution is 8.14. The number of ether oxygens (including phenoxy) is 1. The Labute approximate surface area is 230 Å². The van der Waals surface area contributed by atoms with Gasteiger partial charge in [0.1, 0.15) is 17.6 Å². The molecule has 10 heteroatoms. The SMILES string of the molecule is COc1ccc(NC(=O)CSC2=Nc3ccccc3C3=N[C@H](CCC(=O)NCc4ccccc4)C(=O)N23)cc1. The normalized spacial score (nSPS) is 15.6. The Morgan fingerprint density at radius 3 is 2.49 bits per heavy atom. The average molecular weight is 542 g/mol. The van der Waals surface area contributed by atoms with Crippen LogP contribution in [-0.4, -0.2) is 52.5 Å². The smallest absolute Gasteiger partial charge is 0.259 e. The van der Waals surface area contributed by atoms with E-state index in [4.69, 9.17) is 9.73 Å². The van der Waals surface area contributed by atoms with Gasteiger partial charge in [0.25, 0.3) is 5.91 Å². The lowest BCUT2D eigenvalue weighted by Gasteiger charge is -2.25. The van der Waals surface area contributed by atoms with Crippen LogP contribution < -0.4 is 15.4 Å². The van der Waals surface area contributed by atoms with E-state index in [1.807, 2.05) is 54.6 Å². The Kier molecular flexibility index (Phi) is 8.02. The molecule has 0 fully saturated rings. The van der Waals surface area contributed by atoms with Gasteiger partial charge >= 0.3 is 0 Å². The average Bonchev–Trinajstić information content (AvgIpc) is 3.31. The van der Waals surface area contributed by atoms with Crippen molar-refractivity contribution in [3.63, 3.8) is 0 Å². The summed E-state index contributed by atoms with van der Waals surface area (Å²) in [5.41, 5.74) is 3.07. The number of aliphatic imine (C=N–C) groups is 2. The Morgan fingerprint density at radius 1 is 0.974 bits per heavy atom. The molecule has 0 aromatic heterocycles. The Bertz CT molecular complexity index is 1440. The summed E-state index contributed by atoms with van der Waals surface area (Å²) in [6.07, 6.45) is 0.441. The fraction of sp³-hybridized carbons (Fsp3) is 0.207. The van der Waals surface area contributed by atoms with E-state index in [2.05, 4.69) is 15.6 Å². The lowest BCUT2D eigenvalue weighted by atomic mass is 10.1. The molecule has 0 bridgehead atoms. The van der Waals surface area contributed by atoms with Crippen molar-refractivity contribution in [3.8, 4) is 5.75 Å². The highest BCUT2D eigenvalue weighted by Crippen LogP contribution is 2.34. The van der Waals surface area contributed by atoms with Crippen LogP contribution in [0.2, 0.25) is 0 Å². The number of benzene rings is 3. The molecule has 2 aliphatic heterocycles. The summed E-state index contributed by atoms with van der Waals surface area (Å²) in [6.45, 7) is 0.429. The molecule has 0 unspecified atom stereocenters. The molecule has 2 aliphatic rings. The Morgan fingerprint density at radius 2 is 1.72 bits per heavy atom. The molecule has 198 valence electrons. The van der Waals surface area contributed by atoms with E-state index in [1.165, 1.54) is 16.7 Å². The highest BCUT2D eigenvalue weighted by Gasteiger charge is 2.41. The van der Waals surface area contributed by atoms with Gasteiger partial charge in [0.2, 0.25) is 11.8 Å². The lowest BCUT2D eigenvalue weighted by Crippen LogP contribution is -2.41. The van der Waals surface area contributed by atoms with E-state index >= 15 is 0 Å². The first-order valence-corrected chi connectivity index (χ1v) is 13.5. The molecule has 0 aliphatic carbocycles. The van der Waals surface area contributed by atoms with Gasteiger partial charge in [-0.05, 0) is 48.4 Å². The zero-order valence-electron chi connectivity index (χ0n) is 21.3. The van der Waals surface area contributed by atoms with Crippen LogP contribution >= 0.6 is 11.8 Å². The molecule has 3 aromatic rings. The first kappa shape index (κ1) is 26.2. The third-order valence-corrected chi connectivity index (χ3v) is 7.17. The topological polar surface area (TPSA) is 112 Å². The molecule has 0 spiro atoms. The van der Waals surface area contributed by atoms with Gasteiger partial charge in [-0.1, -0.05) is 54.2 Å². The standard InChI is InChI=1S/C29H27N5O4S/c1-38-21-13-11-20(12-14-21)31-26(36)18-39-29-33-23-10-6-5-9-22(23)27-32-24(28(37)34(27)29)15-16-25(35)30-17-19-7-3-2-4-8-19/h2-14,24H,15-18H2,1H3,(H,30,35)(H,31,36)/t24-/m1/s1. The summed E-state index contributed by atoms with van der Waals surface area (Å²) < 4.78 is 5.15. The molecular weight excluding hydrogens is 514 g/mol. The predicted octanol–water partition coefficient (Wildman–Crippen LogP) is 4.12. The van der Waals surface area contributed by atoms with Crippen molar-refractivity contribution in [2.45, 2.75) is 25.4 Å². The molecule has 5 rings (SSSR count). The van der Waals surface area contributed by atoms with Crippen LogP contribution in [0, 0.1) is 0 Å². The van der Waals surface area contributed by atoms with Gasteiger partial charge in [-0.15, -0.1) is 0 Å². The minimum atomic E-state index is -0.701. The number of nitrogens with one attached hydrogen (secondary N) is 2. The van der Waals surface area contributed by atoms with E-state index in [9.17, 15) is 14.4 Å². The third-order valence-electron chi connectivity index (χ3n) is 6.23. The van der Waals surface area contributed by atoms with Crippen molar-refractivity contribution < 1.29 is 19.1 Å². The molecule has 39 heavy (non-hydrogen) atoms. The number of thioether (sulfide) groups is 1. The van der Waals surface area contributed by atoms with Gasteiger partial charge in [0, 0.05) is 24.2 Å². The first-order valence-electron chi connectivity index (χ1n) is 12.5. The van der Waals surface area contributed by atoms with Crippen molar-refractivity contribution in [2.24, 2.45) is 9.98 Å². The molecule has 1 atom stereocenters. The summed E-state index contributed by atoms with van der Waals surface area (Å²) in [4.78, 5) is 49.3. The van der Waals surface area contributed by atoms with Crippen molar-refractivity contribution >= 4 is 51.9 Å². The number of rotatable bonds is 9. The number of hydrogen-bond acceptors (Lipinski definition) is 7. The van der Waals surface area contributed by atoms with E-state index < -0.39 is 6.04 Å². The predicted molar refractivity (Wildman–Crippen MR) is 152 cm³/mol. The molecule has 3 amide bonds. The summed E-state index contributed by atoms with van der Waals surface area (Å²) in [7, 11) is 1.58. The summed E-state index contributed by atoms with van der Waals surface area (Å²) in [5, 5.41) is 6.12. The highest BCUT2D eigenvalue weighted by atomic mass is 32.2. The zero-order chi connectivity index (χ0) is 27.2. The van der Waals surface area contributed by atoms with E-state index in [0.717, 1.165) is 11.1 Å². The van der Waals surface area contributed by atoms with Crippen LogP contribution in [-0.2, 0) is 20.9 Å². The summed E-state index contributed by atoms with van der Waals surface area (Å²) in [5.74, 6) is 0.617. The van der Waals surface area contributed by atoms with Gasteiger partial charge < -0.3 is 15.4 Å². The Balaban J connectivity index is 1.23. The number of amides is 3. The maximum Gasteiger partial charge on any atom is 0.259 e. The maximum atomic E-state index is 13.4. The lowest BCUT2D eigenvalue weighted by molar-refractivity contribution is -0.125. The minimum absolute atomic E-state index is 0.0522. The third kappa shape index (κ3) is 6.18. The van der Waals surface area contributed by atoms with Gasteiger partial charge in [0.15, 0.2) is 5.17 Å². The number of nitrogens with zero attached hydrogens (tertiary/aromatic N) is 3. The number of carbonyl (C=O) groups excluding carboxylic acids is 3. The minimum Gasteiger partial charge on any atom is -0.497 e. The molecular formula is C29H27N5O4S. The van der Waals surface area contributed by atoms with Gasteiger partial charge in [-0.25, -0.2) is 9.89 Å². The van der Waals surface area contributed by atoms with E-state index in [0.29, 0.717) is 34.7 Å². The second-order valence-electron chi connectivity index (χ2n) is 8.92. The van der Waals surface area contributed by atoms with Gasteiger partial charge in [-0.3, -0.25) is 19.4 Å². The number of para-hydroxylation sites is 1. The largest absolute Gasteiger partial charge is 0.497 e. The van der Waals surface area contributed by atoms with Gasteiger partial charge in [0.05, 0.1) is 18.6 Å². The fourth-order valence-corrected chi connectivity index (χ4v) is 5.04. The molecule has 2 N–H and O–H groups in total. The van der Waals surface area contributed by atoms with Crippen molar-refractivity contribution in [3.05, 3.63) is 90.0 Å². The number of anilines is 1. The van der Waals surface area contributed by atoms with Crippen LogP contribution in [0.1, 0.15) is 24.0 Å². The first-order chi connectivity index (χ1) is 19.0. The van der Waals surface area contributed by atoms with Crippen LogP contribution in [0.15, 0.2) is 88.8 Å². The van der Waals surface area contributed by atoms with Crippen LogP contribution in [0.25, 0.3) is 0 Å². The maximum absolute atomic E-state index is 13.4. The fourth-order valence-electron chi connectivity index (χ4n) is 4.24. The second-order valence-corrected chi connectivity index (χ2v) is 9.86. The number of carbonyl (C=O) groups is 3. The molecule has 0 saturated heterocycles. The van der Waals surface area contributed by atoms with Gasteiger partial charge in [-0.2, -0.15) is 0 Å². The molecule has 9 nitrogen and oxygen atoms in total. The monoisotopic (exact) mass is 541 g/mol. The number of fused-ring (bicyclic) bond motifs is 3. The van der Waals surface area contributed by atoms with Crippen LogP contribution in [0.4, 0.5) is 11.4 Å². The van der Waals surface area contributed by atoms with Crippen molar-refractivity contribution in [1.82, 2.24) is 10.2 Å². The number of methoxy groups -OCH3 is 1. The number of hydrogen-bond donors (Lipinski definition) is 2. The van der Waals surface area contributed by atoms with Crippen molar-refractivity contribution in [1.29, 1.82) is 0 Å². The van der Waals surface area contributed by atoms with E-state index in [-0.39, 0.29) is 36.3 Å².